The summed E-state index contributed by atoms with van der Waals surface area (Å²) in [7, 11) is 2.23. The SMILES string of the molecule is COC(=O)CC(O)(S)C(=O)OC. The van der Waals surface area contributed by atoms with Crippen LogP contribution < -0.4 is 0 Å². The molecule has 0 aromatic rings. The fraction of sp³-hybridized carbons (Fsp3) is 0.667. The van der Waals surface area contributed by atoms with E-state index in [0.717, 1.165) is 14.2 Å². The summed E-state index contributed by atoms with van der Waals surface area (Å²) in [5, 5.41) is 9.17. The highest BCUT2D eigenvalue weighted by Crippen LogP contribution is 2.17. The van der Waals surface area contributed by atoms with Crippen LogP contribution in [0.15, 0.2) is 0 Å². The molecule has 5 nitrogen and oxygen atoms in total. The molecule has 0 aliphatic heterocycles. The highest BCUT2D eigenvalue weighted by atomic mass is 32.1. The zero-order valence-electron chi connectivity index (χ0n) is 6.73. The van der Waals surface area contributed by atoms with E-state index in [-0.39, 0.29) is 0 Å². The van der Waals surface area contributed by atoms with E-state index >= 15 is 0 Å². The average molecular weight is 194 g/mol. The van der Waals surface area contributed by atoms with E-state index in [1.807, 2.05) is 0 Å². The molecule has 0 radical (unpaired) electrons. The molecule has 0 rings (SSSR count). The van der Waals surface area contributed by atoms with Crippen LogP contribution in [0.2, 0.25) is 0 Å². The van der Waals surface area contributed by atoms with Crippen molar-refractivity contribution >= 4 is 24.6 Å². The van der Waals surface area contributed by atoms with Crippen molar-refractivity contribution in [3.05, 3.63) is 0 Å². The highest BCUT2D eigenvalue weighted by molar-refractivity contribution is 7.82. The van der Waals surface area contributed by atoms with Crippen LogP contribution in [-0.2, 0) is 19.1 Å². The summed E-state index contributed by atoms with van der Waals surface area (Å²) in [5.41, 5.74) is 0. The number of hydrogen-bond acceptors (Lipinski definition) is 6. The lowest BCUT2D eigenvalue weighted by Crippen LogP contribution is -2.36. The molecule has 0 aliphatic carbocycles. The summed E-state index contributed by atoms with van der Waals surface area (Å²) < 4.78 is 8.41. The quantitative estimate of drug-likeness (QED) is 0.354. The molecule has 6 heteroatoms. The molecule has 1 unspecified atom stereocenters. The molecule has 0 aromatic carbocycles. The predicted octanol–water partition coefficient (Wildman–Crippen LogP) is -0.659. The van der Waals surface area contributed by atoms with Crippen molar-refractivity contribution in [3.8, 4) is 0 Å². The second-order valence-electron chi connectivity index (χ2n) is 2.06. The van der Waals surface area contributed by atoms with Gasteiger partial charge < -0.3 is 14.6 Å². The molecule has 0 heterocycles. The number of aliphatic hydroxyl groups is 1. The minimum Gasteiger partial charge on any atom is -0.469 e. The van der Waals surface area contributed by atoms with E-state index in [1.54, 1.807) is 0 Å². The third kappa shape index (κ3) is 3.10. The number of carbonyl (C=O) groups excluding carboxylic acids is 2. The van der Waals surface area contributed by atoms with Crippen LogP contribution in [0.4, 0.5) is 0 Å². The van der Waals surface area contributed by atoms with Gasteiger partial charge in [0.25, 0.3) is 0 Å². The number of rotatable bonds is 3. The monoisotopic (exact) mass is 194 g/mol. The van der Waals surface area contributed by atoms with Gasteiger partial charge in [0.1, 0.15) is 0 Å². The van der Waals surface area contributed by atoms with Crippen molar-refractivity contribution in [1.29, 1.82) is 0 Å². The Labute approximate surface area is 75.1 Å². The van der Waals surface area contributed by atoms with Crippen LogP contribution in [0.1, 0.15) is 6.42 Å². The normalized spacial score (nSPS) is 14.7. The Balaban J connectivity index is 4.21. The molecular formula is C6H10O5S. The zero-order valence-corrected chi connectivity index (χ0v) is 7.63. The van der Waals surface area contributed by atoms with Crippen LogP contribution in [0.5, 0.6) is 0 Å². The van der Waals surface area contributed by atoms with E-state index in [4.69, 9.17) is 0 Å². The van der Waals surface area contributed by atoms with E-state index < -0.39 is 23.3 Å². The zero-order chi connectivity index (χ0) is 9.78. The molecule has 1 N–H and O–H groups in total. The number of ether oxygens (including phenoxy) is 2. The van der Waals surface area contributed by atoms with Gasteiger partial charge in [0.05, 0.1) is 20.6 Å². The van der Waals surface area contributed by atoms with Gasteiger partial charge in [-0.2, -0.15) is 0 Å². The minimum atomic E-state index is -2.11. The number of esters is 2. The van der Waals surface area contributed by atoms with E-state index in [0.29, 0.717) is 0 Å². The van der Waals surface area contributed by atoms with Gasteiger partial charge in [0.2, 0.25) is 4.93 Å². The Kier molecular flexibility index (Phi) is 4.05. The lowest BCUT2D eigenvalue weighted by Gasteiger charge is -2.16. The molecule has 0 aromatic heterocycles. The smallest absolute Gasteiger partial charge is 0.348 e. The van der Waals surface area contributed by atoms with Crippen molar-refractivity contribution in [2.45, 2.75) is 11.4 Å². The highest BCUT2D eigenvalue weighted by Gasteiger charge is 2.35. The maximum Gasteiger partial charge on any atom is 0.348 e. The van der Waals surface area contributed by atoms with Crippen LogP contribution in [-0.4, -0.2) is 36.2 Å². The first kappa shape index (κ1) is 11.2. The molecule has 0 fully saturated rings. The van der Waals surface area contributed by atoms with Crippen LogP contribution in [0.25, 0.3) is 0 Å². The van der Waals surface area contributed by atoms with Crippen molar-refractivity contribution in [2.75, 3.05) is 14.2 Å². The lowest BCUT2D eigenvalue weighted by atomic mass is 10.2. The maximum atomic E-state index is 10.7. The fourth-order valence-electron chi connectivity index (χ4n) is 0.509. The Morgan fingerprint density at radius 3 is 2.25 bits per heavy atom. The third-order valence-electron chi connectivity index (χ3n) is 1.13. The van der Waals surface area contributed by atoms with Gasteiger partial charge >= 0.3 is 11.9 Å². The molecule has 0 saturated heterocycles. The molecule has 12 heavy (non-hydrogen) atoms. The third-order valence-corrected chi connectivity index (χ3v) is 1.47. The lowest BCUT2D eigenvalue weighted by molar-refractivity contribution is -0.159. The minimum absolute atomic E-state index is 0.542. The van der Waals surface area contributed by atoms with Gasteiger partial charge in [-0.25, -0.2) is 4.79 Å². The number of thiol groups is 1. The van der Waals surface area contributed by atoms with Gasteiger partial charge in [-0.15, -0.1) is 12.6 Å². The van der Waals surface area contributed by atoms with Gasteiger partial charge in [-0.3, -0.25) is 4.79 Å². The second-order valence-corrected chi connectivity index (χ2v) is 2.80. The molecule has 0 spiro atoms. The Morgan fingerprint density at radius 2 is 1.92 bits per heavy atom. The summed E-state index contributed by atoms with van der Waals surface area (Å²) in [4.78, 5) is 19.2. The summed E-state index contributed by atoms with van der Waals surface area (Å²) in [6.45, 7) is 0. The summed E-state index contributed by atoms with van der Waals surface area (Å²) in [5.74, 6) is -1.73. The fourth-order valence-corrected chi connectivity index (χ4v) is 0.729. The van der Waals surface area contributed by atoms with Crippen molar-refractivity contribution < 1.29 is 24.2 Å². The molecular weight excluding hydrogens is 184 g/mol. The standard InChI is InChI=1S/C6H10O5S/c1-10-4(7)3-6(9,12)5(8)11-2/h9,12H,3H2,1-2H3. The van der Waals surface area contributed by atoms with Gasteiger partial charge in [-0.1, -0.05) is 0 Å². The molecule has 0 saturated carbocycles. The van der Waals surface area contributed by atoms with E-state index in [2.05, 4.69) is 22.1 Å². The Morgan fingerprint density at radius 1 is 1.42 bits per heavy atom. The first-order valence-electron chi connectivity index (χ1n) is 3.04. The average Bonchev–Trinajstić information content (AvgIpc) is 2.02. The number of hydrogen-bond donors (Lipinski definition) is 2. The molecule has 0 bridgehead atoms. The topological polar surface area (TPSA) is 72.8 Å². The largest absolute Gasteiger partial charge is 0.469 e. The van der Waals surface area contributed by atoms with Gasteiger partial charge in [0, 0.05) is 0 Å². The van der Waals surface area contributed by atoms with Gasteiger partial charge in [0.15, 0.2) is 0 Å². The van der Waals surface area contributed by atoms with E-state index in [1.165, 1.54) is 0 Å². The number of methoxy groups -OCH3 is 2. The van der Waals surface area contributed by atoms with Crippen molar-refractivity contribution in [1.82, 2.24) is 0 Å². The molecule has 0 aliphatic rings. The van der Waals surface area contributed by atoms with Crippen molar-refractivity contribution in [2.24, 2.45) is 0 Å². The molecule has 70 valence electrons. The van der Waals surface area contributed by atoms with Crippen molar-refractivity contribution in [3.63, 3.8) is 0 Å². The first-order chi connectivity index (χ1) is 5.44. The Bertz CT molecular complexity index is 188. The second kappa shape index (κ2) is 4.32. The Hall–Kier alpha value is -0.750. The van der Waals surface area contributed by atoms with Crippen LogP contribution in [0, 0.1) is 0 Å². The molecule has 1 atom stereocenters. The van der Waals surface area contributed by atoms with Crippen LogP contribution in [0.3, 0.4) is 0 Å². The summed E-state index contributed by atoms with van der Waals surface area (Å²) in [6, 6.07) is 0. The van der Waals surface area contributed by atoms with Crippen LogP contribution >= 0.6 is 12.6 Å². The number of carbonyl (C=O) groups is 2. The predicted molar refractivity (Wildman–Crippen MR) is 42.6 cm³/mol. The first-order valence-corrected chi connectivity index (χ1v) is 3.48. The summed E-state index contributed by atoms with van der Waals surface area (Å²) >= 11 is 3.54. The van der Waals surface area contributed by atoms with E-state index in [9.17, 15) is 14.7 Å². The van der Waals surface area contributed by atoms with Gasteiger partial charge in [-0.05, 0) is 0 Å². The maximum absolute atomic E-state index is 10.7. The summed E-state index contributed by atoms with van der Waals surface area (Å²) in [6.07, 6.45) is -0.542. The molecule has 0 amide bonds.